The van der Waals surface area contributed by atoms with Gasteiger partial charge in [0, 0.05) is 0 Å². The lowest BCUT2D eigenvalue weighted by atomic mass is 9.85. The maximum Gasteiger partial charge on any atom is -0.0355 e. The Morgan fingerprint density at radius 3 is 2.33 bits per heavy atom. The van der Waals surface area contributed by atoms with Crippen molar-refractivity contribution in [1.29, 1.82) is 0 Å². The summed E-state index contributed by atoms with van der Waals surface area (Å²) in [5.41, 5.74) is 0. The molecule has 1 radical (unpaired) electrons. The molecule has 0 nitrogen and oxygen atoms in total. The molecule has 0 aromatic carbocycles. The van der Waals surface area contributed by atoms with E-state index >= 15 is 0 Å². The number of hydrogen-bond donors (Lipinski definition) is 0. The topological polar surface area (TPSA) is 0 Å². The van der Waals surface area contributed by atoms with Crippen molar-refractivity contribution in [2.75, 3.05) is 0 Å². The lowest BCUT2D eigenvalue weighted by Gasteiger charge is -2.20. The third kappa shape index (κ3) is 6.98. The quantitative estimate of drug-likeness (QED) is 0.462. The van der Waals surface area contributed by atoms with Crippen LogP contribution >= 0.6 is 0 Å². The fraction of sp³-hybridized carbons (Fsp3) is 0.933. The van der Waals surface area contributed by atoms with E-state index in [1.165, 1.54) is 77.0 Å². The third-order valence-electron chi connectivity index (χ3n) is 3.71. The molecular formula is C15H29. The van der Waals surface area contributed by atoms with E-state index in [-0.39, 0.29) is 0 Å². The standard InChI is InChI=1S/C15H29/c1-2-3-4-5-6-7-9-12-15-13-10-8-11-14-15/h13,15H,2-12,14H2,1H3. The Bertz CT molecular complexity index is 122. The van der Waals surface area contributed by atoms with Gasteiger partial charge in [-0.2, -0.15) is 0 Å². The van der Waals surface area contributed by atoms with Crippen LogP contribution in [0.2, 0.25) is 0 Å². The van der Waals surface area contributed by atoms with Gasteiger partial charge in [0.2, 0.25) is 0 Å². The van der Waals surface area contributed by atoms with Crippen LogP contribution in [0.15, 0.2) is 0 Å². The molecule has 0 amide bonds. The van der Waals surface area contributed by atoms with Crippen molar-refractivity contribution in [3.05, 3.63) is 6.42 Å². The first-order chi connectivity index (χ1) is 7.43. The molecule has 1 aliphatic carbocycles. The van der Waals surface area contributed by atoms with Crippen molar-refractivity contribution in [3.63, 3.8) is 0 Å². The van der Waals surface area contributed by atoms with Crippen LogP contribution in [0, 0.1) is 12.3 Å². The normalized spacial score (nSPS) is 18.2. The highest BCUT2D eigenvalue weighted by Gasteiger charge is 2.12. The molecule has 0 heteroatoms. The summed E-state index contributed by atoms with van der Waals surface area (Å²) in [7, 11) is 0. The van der Waals surface area contributed by atoms with Gasteiger partial charge in [0.1, 0.15) is 0 Å². The molecule has 0 aliphatic heterocycles. The minimum Gasteiger partial charge on any atom is -0.0654 e. The van der Waals surface area contributed by atoms with Crippen molar-refractivity contribution < 1.29 is 0 Å². The van der Waals surface area contributed by atoms with Gasteiger partial charge in [-0.15, -0.1) is 0 Å². The molecule has 0 heterocycles. The maximum atomic E-state index is 2.58. The first-order valence-corrected chi connectivity index (χ1v) is 7.27. The number of rotatable bonds is 8. The smallest absolute Gasteiger partial charge is 0.0355 e. The first-order valence-electron chi connectivity index (χ1n) is 7.27. The first kappa shape index (κ1) is 13.1. The Balaban J connectivity index is 1.79. The molecule has 0 aromatic heterocycles. The lowest BCUT2D eigenvalue weighted by Crippen LogP contribution is -2.06. The van der Waals surface area contributed by atoms with Crippen LogP contribution in [-0.2, 0) is 0 Å². The van der Waals surface area contributed by atoms with Crippen LogP contribution in [-0.4, -0.2) is 0 Å². The highest BCUT2D eigenvalue weighted by atomic mass is 14.2. The average molecular weight is 209 g/mol. The summed E-state index contributed by atoms with van der Waals surface area (Å²) in [6, 6.07) is 0. The zero-order valence-corrected chi connectivity index (χ0v) is 10.6. The lowest BCUT2D eigenvalue weighted by molar-refractivity contribution is 0.403. The molecule has 0 saturated heterocycles. The van der Waals surface area contributed by atoms with Crippen molar-refractivity contribution >= 4 is 0 Å². The maximum absolute atomic E-state index is 2.58. The Kier molecular flexibility index (Phi) is 8.05. The molecule has 1 unspecified atom stereocenters. The van der Waals surface area contributed by atoms with E-state index in [1.807, 2.05) is 0 Å². The highest BCUT2D eigenvalue weighted by Crippen LogP contribution is 2.27. The molecule has 1 rings (SSSR count). The molecule has 15 heavy (non-hydrogen) atoms. The summed E-state index contributed by atoms with van der Waals surface area (Å²) in [4.78, 5) is 0. The summed E-state index contributed by atoms with van der Waals surface area (Å²) < 4.78 is 0. The van der Waals surface area contributed by atoms with Crippen LogP contribution in [0.4, 0.5) is 0 Å². The predicted octanol–water partition coefficient (Wildman–Crippen LogP) is 5.52. The minimum atomic E-state index is 0.981. The Morgan fingerprint density at radius 2 is 1.67 bits per heavy atom. The highest BCUT2D eigenvalue weighted by molar-refractivity contribution is 4.80. The van der Waals surface area contributed by atoms with Crippen molar-refractivity contribution in [3.8, 4) is 0 Å². The van der Waals surface area contributed by atoms with Gasteiger partial charge in [0.05, 0.1) is 0 Å². The third-order valence-corrected chi connectivity index (χ3v) is 3.71. The summed E-state index contributed by atoms with van der Waals surface area (Å²) in [5, 5.41) is 0. The van der Waals surface area contributed by atoms with E-state index in [4.69, 9.17) is 0 Å². The summed E-state index contributed by atoms with van der Waals surface area (Å²) in [5.74, 6) is 0.981. The molecule has 0 N–H and O–H groups in total. The van der Waals surface area contributed by atoms with Gasteiger partial charge >= 0.3 is 0 Å². The molecule has 0 bridgehead atoms. The fourth-order valence-electron chi connectivity index (χ4n) is 2.65. The molecular weight excluding hydrogens is 180 g/mol. The summed E-state index contributed by atoms with van der Waals surface area (Å²) >= 11 is 0. The van der Waals surface area contributed by atoms with Crippen LogP contribution < -0.4 is 0 Å². The van der Waals surface area contributed by atoms with E-state index in [9.17, 15) is 0 Å². The minimum absolute atomic E-state index is 0.981. The van der Waals surface area contributed by atoms with Gasteiger partial charge in [0.15, 0.2) is 0 Å². The van der Waals surface area contributed by atoms with Gasteiger partial charge in [-0.3, -0.25) is 0 Å². The van der Waals surface area contributed by atoms with E-state index in [0.29, 0.717) is 0 Å². The van der Waals surface area contributed by atoms with Crippen LogP contribution in [0.5, 0.6) is 0 Å². The second-order valence-corrected chi connectivity index (χ2v) is 5.19. The van der Waals surface area contributed by atoms with E-state index in [0.717, 1.165) is 5.92 Å². The van der Waals surface area contributed by atoms with E-state index in [2.05, 4.69) is 13.3 Å². The largest absolute Gasteiger partial charge is 0.0654 e. The number of unbranched alkanes of at least 4 members (excludes halogenated alkanes) is 6. The Morgan fingerprint density at radius 1 is 0.933 bits per heavy atom. The van der Waals surface area contributed by atoms with Gasteiger partial charge in [0.25, 0.3) is 0 Å². The van der Waals surface area contributed by atoms with Crippen molar-refractivity contribution in [2.45, 2.75) is 84.0 Å². The zero-order chi connectivity index (χ0) is 10.8. The Hall–Kier alpha value is 0. The van der Waals surface area contributed by atoms with Gasteiger partial charge in [-0.25, -0.2) is 0 Å². The molecule has 1 saturated carbocycles. The van der Waals surface area contributed by atoms with E-state index < -0.39 is 0 Å². The predicted molar refractivity (Wildman–Crippen MR) is 68.9 cm³/mol. The molecule has 0 spiro atoms. The van der Waals surface area contributed by atoms with Crippen molar-refractivity contribution in [2.24, 2.45) is 5.92 Å². The van der Waals surface area contributed by atoms with Crippen LogP contribution in [0.1, 0.15) is 84.0 Å². The van der Waals surface area contributed by atoms with Gasteiger partial charge < -0.3 is 0 Å². The molecule has 0 aromatic rings. The van der Waals surface area contributed by atoms with Gasteiger partial charge in [-0.05, 0) is 18.8 Å². The van der Waals surface area contributed by atoms with Gasteiger partial charge in [-0.1, -0.05) is 77.6 Å². The van der Waals surface area contributed by atoms with Crippen LogP contribution in [0.25, 0.3) is 0 Å². The number of hydrogen-bond acceptors (Lipinski definition) is 0. The average Bonchev–Trinajstić information content (AvgIpc) is 2.29. The molecule has 1 aliphatic rings. The molecule has 89 valence electrons. The van der Waals surface area contributed by atoms with Crippen LogP contribution in [0.3, 0.4) is 0 Å². The Labute approximate surface area is 96.8 Å². The monoisotopic (exact) mass is 209 g/mol. The molecule has 1 fully saturated rings. The zero-order valence-electron chi connectivity index (χ0n) is 10.6. The SMILES string of the molecule is CCCCCCCCCC1[CH]CCCC1. The van der Waals surface area contributed by atoms with Crippen molar-refractivity contribution in [1.82, 2.24) is 0 Å². The summed E-state index contributed by atoms with van der Waals surface area (Å²) in [6.07, 6.45) is 20.1. The van der Waals surface area contributed by atoms with E-state index in [1.54, 1.807) is 0 Å². The second kappa shape index (κ2) is 9.24. The fourth-order valence-corrected chi connectivity index (χ4v) is 2.65. The second-order valence-electron chi connectivity index (χ2n) is 5.19. The summed E-state index contributed by atoms with van der Waals surface area (Å²) in [6.45, 7) is 2.29. The molecule has 1 atom stereocenters.